The van der Waals surface area contributed by atoms with Gasteiger partial charge in [-0.3, -0.25) is 0 Å². The number of carbonyl (C=O) groups is 1. The lowest BCUT2D eigenvalue weighted by Crippen LogP contribution is -2.49. The number of hydrogen-bond acceptors (Lipinski definition) is 5. The van der Waals surface area contributed by atoms with Gasteiger partial charge in [-0.05, 0) is 62.7 Å². The van der Waals surface area contributed by atoms with E-state index in [2.05, 4.69) is 5.32 Å². The minimum Gasteiger partial charge on any atom is -0.444 e. The number of amides is 1. The van der Waals surface area contributed by atoms with Crippen LogP contribution in [-0.4, -0.2) is 37.4 Å². The molecule has 0 aromatic heterocycles. The Bertz CT molecular complexity index is 1050. The molecule has 0 saturated heterocycles. The second kappa shape index (κ2) is 8.04. The molecule has 2 aromatic rings. The summed E-state index contributed by atoms with van der Waals surface area (Å²) in [5.74, 6) is -0.589. The number of carbonyl (C=O) groups excluding carboxylic acids is 1. The van der Waals surface area contributed by atoms with E-state index >= 15 is 0 Å². The highest BCUT2D eigenvalue weighted by Crippen LogP contribution is 2.57. The van der Waals surface area contributed by atoms with Gasteiger partial charge < -0.3 is 15.8 Å². The number of benzene rings is 2. The smallest absolute Gasteiger partial charge is 0.408 e. The van der Waals surface area contributed by atoms with Gasteiger partial charge in [0.2, 0.25) is 0 Å². The van der Waals surface area contributed by atoms with E-state index in [9.17, 15) is 13.2 Å². The molecule has 1 saturated carbocycles. The summed E-state index contributed by atoms with van der Waals surface area (Å²) < 4.78 is 32.3. The molecular formula is C21H24Cl2N2O4S. The van der Waals surface area contributed by atoms with Crippen LogP contribution in [0.5, 0.6) is 0 Å². The molecule has 0 bridgehead atoms. The molecule has 3 rings (SSSR count). The zero-order valence-electron chi connectivity index (χ0n) is 16.9. The van der Waals surface area contributed by atoms with Crippen LogP contribution in [0.3, 0.4) is 0 Å². The average Bonchev–Trinajstić information content (AvgIpc) is 3.30. The lowest BCUT2D eigenvalue weighted by Gasteiger charge is -2.24. The van der Waals surface area contributed by atoms with Crippen molar-refractivity contribution >= 4 is 39.1 Å². The van der Waals surface area contributed by atoms with Gasteiger partial charge in [0.1, 0.15) is 10.9 Å². The highest BCUT2D eigenvalue weighted by atomic mass is 35.5. The topological polar surface area (TPSA) is 98.5 Å². The Labute approximate surface area is 186 Å². The normalized spacial score (nSPS) is 23.7. The maximum Gasteiger partial charge on any atom is 0.408 e. The minimum absolute atomic E-state index is 0.0963. The van der Waals surface area contributed by atoms with E-state index in [4.69, 9.17) is 33.7 Å². The SMILES string of the molecule is CC(C)(C)OC(=O)N[C@@]1(CN)[C@@H](c2cccc(Cl)c2)[C@@H]1S(=O)(=O)c1ccc(Cl)cc1. The third-order valence-electron chi connectivity index (χ3n) is 5.01. The van der Waals surface area contributed by atoms with Gasteiger partial charge in [0.15, 0.2) is 9.84 Å². The fourth-order valence-electron chi connectivity index (χ4n) is 3.74. The standard InChI is InChI=1S/C21H24Cl2N2O4S/c1-20(2,3)29-19(26)25-21(12-24)17(13-5-4-6-15(23)11-13)18(21)30(27,28)16-9-7-14(22)8-10-16/h4-11,17-18H,12,24H2,1-3H3,(H,25,26)/t17-,18-,21-/m0/s1. The molecule has 0 unspecified atom stereocenters. The third kappa shape index (κ3) is 4.44. The van der Waals surface area contributed by atoms with Gasteiger partial charge in [0.25, 0.3) is 0 Å². The fraction of sp³-hybridized carbons (Fsp3) is 0.381. The van der Waals surface area contributed by atoms with Gasteiger partial charge in [-0.2, -0.15) is 0 Å². The summed E-state index contributed by atoms with van der Waals surface area (Å²) in [5, 5.41) is 2.65. The molecule has 162 valence electrons. The van der Waals surface area contributed by atoms with Crippen LogP contribution < -0.4 is 11.1 Å². The maximum absolute atomic E-state index is 13.5. The first-order valence-corrected chi connectivity index (χ1v) is 11.7. The fourth-order valence-corrected chi connectivity index (χ4v) is 6.41. The number of sulfone groups is 1. The Balaban J connectivity index is 2.05. The van der Waals surface area contributed by atoms with Crippen molar-refractivity contribution in [3.63, 3.8) is 0 Å². The van der Waals surface area contributed by atoms with Crippen molar-refractivity contribution < 1.29 is 17.9 Å². The highest BCUT2D eigenvalue weighted by molar-refractivity contribution is 7.92. The number of rotatable bonds is 5. The van der Waals surface area contributed by atoms with Crippen molar-refractivity contribution in [2.45, 2.75) is 48.0 Å². The Hall–Kier alpha value is -1.80. The van der Waals surface area contributed by atoms with Crippen LogP contribution in [0.4, 0.5) is 4.79 Å². The van der Waals surface area contributed by atoms with Crippen molar-refractivity contribution in [2.24, 2.45) is 5.73 Å². The Morgan fingerprint density at radius 3 is 2.30 bits per heavy atom. The molecule has 0 radical (unpaired) electrons. The molecule has 1 amide bonds. The maximum atomic E-state index is 13.5. The first-order chi connectivity index (χ1) is 13.9. The monoisotopic (exact) mass is 470 g/mol. The number of hydrogen-bond donors (Lipinski definition) is 2. The van der Waals surface area contributed by atoms with Gasteiger partial charge in [0.05, 0.1) is 10.4 Å². The lowest BCUT2D eigenvalue weighted by molar-refractivity contribution is 0.0497. The molecule has 0 spiro atoms. The van der Waals surface area contributed by atoms with Gasteiger partial charge >= 0.3 is 6.09 Å². The van der Waals surface area contributed by atoms with Crippen molar-refractivity contribution in [1.29, 1.82) is 0 Å². The summed E-state index contributed by atoms with van der Waals surface area (Å²) in [7, 11) is -3.85. The second-order valence-electron chi connectivity index (χ2n) is 8.32. The number of halogens is 2. The summed E-state index contributed by atoms with van der Waals surface area (Å²) in [4.78, 5) is 12.6. The predicted molar refractivity (Wildman–Crippen MR) is 118 cm³/mol. The van der Waals surface area contributed by atoms with Crippen LogP contribution >= 0.6 is 23.2 Å². The van der Waals surface area contributed by atoms with Crippen LogP contribution in [0.25, 0.3) is 0 Å². The number of alkyl carbamates (subject to hydrolysis) is 1. The molecular weight excluding hydrogens is 447 g/mol. The van der Waals surface area contributed by atoms with Gasteiger partial charge in [-0.1, -0.05) is 35.3 Å². The Morgan fingerprint density at radius 2 is 1.77 bits per heavy atom. The minimum atomic E-state index is -3.85. The summed E-state index contributed by atoms with van der Waals surface area (Å²) in [6.07, 6.45) is -0.728. The largest absolute Gasteiger partial charge is 0.444 e. The van der Waals surface area contributed by atoms with E-state index in [0.29, 0.717) is 15.6 Å². The van der Waals surface area contributed by atoms with Crippen molar-refractivity contribution in [3.8, 4) is 0 Å². The average molecular weight is 471 g/mol. The van der Waals surface area contributed by atoms with Crippen molar-refractivity contribution in [2.75, 3.05) is 6.54 Å². The number of nitrogens with one attached hydrogen (secondary N) is 1. The molecule has 1 aliphatic carbocycles. The molecule has 0 heterocycles. The number of ether oxygens (including phenoxy) is 1. The molecule has 6 nitrogen and oxygen atoms in total. The van der Waals surface area contributed by atoms with Crippen LogP contribution in [0.15, 0.2) is 53.4 Å². The third-order valence-corrected chi connectivity index (χ3v) is 7.79. The summed E-state index contributed by atoms with van der Waals surface area (Å²) in [6, 6.07) is 12.8. The molecule has 2 aromatic carbocycles. The molecule has 9 heteroatoms. The summed E-state index contributed by atoms with van der Waals surface area (Å²) in [5.41, 5.74) is 4.74. The predicted octanol–water partition coefficient (Wildman–Crippen LogP) is 4.16. The zero-order valence-corrected chi connectivity index (χ0v) is 19.2. The van der Waals surface area contributed by atoms with E-state index < -0.39 is 38.2 Å². The van der Waals surface area contributed by atoms with Crippen molar-refractivity contribution in [3.05, 3.63) is 64.1 Å². The zero-order chi connectivity index (χ0) is 22.3. The molecule has 1 fully saturated rings. The van der Waals surface area contributed by atoms with Crippen LogP contribution in [-0.2, 0) is 14.6 Å². The first kappa shape index (κ1) is 22.9. The van der Waals surface area contributed by atoms with Crippen molar-refractivity contribution in [1.82, 2.24) is 5.32 Å². The molecule has 0 aliphatic heterocycles. The molecule has 3 N–H and O–H groups in total. The van der Waals surface area contributed by atoms with Gasteiger partial charge in [-0.15, -0.1) is 0 Å². The van der Waals surface area contributed by atoms with E-state index in [1.165, 1.54) is 24.3 Å². The van der Waals surface area contributed by atoms with Crippen LogP contribution in [0.1, 0.15) is 32.3 Å². The quantitative estimate of drug-likeness (QED) is 0.683. The lowest BCUT2D eigenvalue weighted by atomic mass is 10.1. The number of nitrogens with two attached hydrogens (primary N) is 1. The van der Waals surface area contributed by atoms with E-state index in [-0.39, 0.29) is 11.4 Å². The highest BCUT2D eigenvalue weighted by Gasteiger charge is 2.71. The van der Waals surface area contributed by atoms with E-state index in [1.54, 1.807) is 45.0 Å². The summed E-state index contributed by atoms with van der Waals surface area (Å²) in [6.45, 7) is 5.09. The Morgan fingerprint density at radius 1 is 1.13 bits per heavy atom. The van der Waals surface area contributed by atoms with Crippen LogP contribution in [0.2, 0.25) is 10.0 Å². The molecule has 1 aliphatic rings. The van der Waals surface area contributed by atoms with E-state index in [1.807, 2.05) is 0 Å². The molecule has 30 heavy (non-hydrogen) atoms. The molecule has 3 atom stereocenters. The Kier molecular flexibility index (Phi) is 6.13. The van der Waals surface area contributed by atoms with Gasteiger partial charge in [0, 0.05) is 22.5 Å². The summed E-state index contributed by atoms with van der Waals surface area (Å²) >= 11 is 12.0. The first-order valence-electron chi connectivity index (χ1n) is 9.37. The second-order valence-corrected chi connectivity index (χ2v) is 11.3. The van der Waals surface area contributed by atoms with E-state index in [0.717, 1.165) is 0 Å². The van der Waals surface area contributed by atoms with Gasteiger partial charge in [-0.25, -0.2) is 13.2 Å². The van der Waals surface area contributed by atoms with Crippen LogP contribution in [0, 0.1) is 0 Å².